The van der Waals surface area contributed by atoms with Crippen molar-refractivity contribution in [1.82, 2.24) is 5.32 Å². The van der Waals surface area contributed by atoms with Gasteiger partial charge in [0.15, 0.2) is 0 Å². The zero-order valence-electron chi connectivity index (χ0n) is 11.3. The largest absolute Gasteiger partial charge is 0.398 e. The lowest BCUT2D eigenvalue weighted by atomic mass is 10.2. The van der Waals surface area contributed by atoms with E-state index < -0.39 is 0 Å². The molecule has 1 amide bonds. The molecule has 0 spiro atoms. The number of aryl methyl sites for hydroxylation is 2. The molecule has 19 heavy (non-hydrogen) atoms. The van der Waals surface area contributed by atoms with Gasteiger partial charge in [-0.1, -0.05) is 0 Å². The Kier molecular flexibility index (Phi) is 4.27. The molecule has 0 aromatic carbocycles. The van der Waals surface area contributed by atoms with E-state index in [1.54, 1.807) is 17.4 Å². The summed E-state index contributed by atoms with van der Waals surface area (Å²) in [6.45, 7) is 6.04. The Morgan fingerprint density at radius 3 is 2.63 bits per heavy atom. The van der Waals surface area contributed by atoms with Crippen molar-refractivity contribution in [2.45, 2.75) is 33.2 Å². The van der Waals surface area contributed by atoms with Crippen molar-refractivity contribution < 1.29 is 4.79 Å². The van der Waals surface area contributed by atoms with Gasteiger partial charge in [0.05, 0.1) is 4.88 Å². The number of nitrogens with two attached hydrogens (primary N) is 1. The van der Waals surface area contributed by atoms with Crippen LogP contribution in [0.1, 0.15) is 31.2 Å². The van der Waals surface area contributed by atoms with Gasteiger partial charge in [0.1, 0.15) is 0 Å². The second-order valence-electron chi connectivity index (χ2n) is 4.71. The molecular weight excluding hydrogens is 276 g/mol. The molecule has 1 atom stereocenters. The quantitative estimate of drug-likeness (QED) is 0.908. The Morgan fingerprint density at radius 1 is 1.37 bits per heavy atom. The Labute approximate surface area is 121 Å². The van der Waals surface area contributed by atoms with Crippen molar-refractivity contribution in [3.8, 4) is 0 Å². The monoisotopic (exact) mass is 294 g/mol. The first-order valence-electron chi connectivity index (χ1n) is 6.18. The zero-order chi connectivity index (χ0) is 14.0. The van der Waals surface area contributed by atoms with Crippen LogP contribution in [0.5, 0.6) is 0 Å². The zero-order valence-corrected chi connectivity index (χ0v) is 13.0. The predicted octanol–water partition coefficient (Wildman–Crippen LogP) is 3.37. The van der Waals surface area contributed by atoms with Crippen molar-refractivity contribution in [2.24, 2.45) is 0 Å². The van der Waals surface area contributed by atoms with Crippen LogP contribution in [-0.4, -0.2) is 11.9 Å². The Hall–Kier alpha value is -1.33. The first kappa shape index (κ1) is 14.1. The first-order valence-corrected chi connectivity index (χ1v) is 7.81. The minimum atomic E-state index is -0.0365. The molecule has 0 aliphatic rings. The van der Waals surface area contributed by atoms with E-state index in [1.165, 1.54) is 21.1 Å². The molecule has 0 aliphatic carbocycles. The summed E-state index contributed by atoms with van der Waals surface area (Å²) < 4.78 is 0. The molecule has 1 unspecified atom stereocenters. The highest BCUT2D eigenvalue weighted by molar-refractivity contribution is 7.14. The summed E-state index contributed by atoms with van der Waals surface area (Å²) in [6.07, 6.45) is 0.865. The summed E-state index contributed by atoms with van der Waals surface area (Å²) in [5.41, 5.74) is 6.46. The summed E-state index contributed by atoms with van der Waals surface area (Å²) in [4.78, 5) is 16.3. The van der Waals surface area contributed by atoms with E-state index in [0.29, 0.717) is 10.6 Å². The van der Waals surface area contributed by atoms with Crippen LogP contribution in [0.3, 0.4) is 0 Å². The fourth-order valence-electron chi connectivity index (χ4n) is 1.85. The molecule has 0 fully saturated rings. The van der Waals surface area contributed by atoms with E-state index in [1.807, 2.05) is 13.8 Å². The van der Waals surface area contributed by atoms with Crippen molar-refractivity contribution in [3.05, 3.63) is 37.7 Å². The van der Waals surface area contributed by atoms with Crippen LogP contribution in [0.15, 0.2) is 18.2 Å². The maximum Gasteiger partial charge on any atom is 0.261 e. The lowest BCUT2D eigenvalue weighted by molar-refractivity contribution is 0.0944. The van der Waals surface area contributed by atoms with Gasteiger partial charge in [0.25, 0.3) is 5.91 Å². The summed E-state index contributed by atoms with van der Waals surface area (Å²) >= 11 is 3.22. The number of nitrogens with one attached hydrogen (secondary N) is 1. The summed E-state index contributed by atoms with van der Waals surface area (Å²) in [7, 11) is 0. The maximum atomic E-state index is 12.1. The van der Waals surface area contributed by atoms with Gasteiger partial charge in [0.2, 0.25) is 0 Å². The van der Waals surface area contributed by atoms with E-state index >= 15 is 0 Å². The number of thiophene rings is 2. The van der Waals surface area contributed by atoms with Crippen LogP contribution >= 0.6 is 22.7 Å². The normalized spacial score (nSPS) is 12.4. The van der Waals surface area contributed by atoms with Gasteiger partial charge >= 0.3 is 0 Å². The Bertz CT molecular complexity index is 567. The van der Waals surface area contributed by atoms with Gasteiger partial charge in [-0.05, 0) is 39.0 Å². The van der Waals surface area contributed by atoms with Crippen LogP contribution in [0.2, 0.25) is 0 Å². The summed E-state index contributed by atoms with van der Waals surface area (Å²) in [6, 6.07) is 6.10. The van der Waals surface area contributed by atoms with Gasteiger partial charge < -0.3 is 11.1 Å². The van der Waals surface area contributed by atoms with E-state index in [-0.39, 0.29) is 11.9 Å². The van der Waals surface area contributed by atoms with E-state index in [4.69, 9.17) is 5.73 Å². The number of rotatable bonds is 4. The smallest absolute Gasteiger partial charge is 0.261 e. The molecule has 0 saturated heterocycles. The fraction of sp³-hybridized carbons (Fsp3) is 0.357. The Balaban J connectivity index is 1.95. The average molecular weight is 294 g/mol. The minimum Gasteiger partial charge on any atom is -0.398 e. The molecule has 2 aromatic heterocycles. The molecule has 3 N–H and O–H groups in total. The number of nitrogen functional groups attached to an aromatic ring is 1. The number of carbonyl (C=O) groups excluding carboxylic acids is 1. The van der Waals surface area contributed by atoms with Gasteiger partial charge in [0, 0.05) is 32.8 Å². The van der Waals surface area contributed by atoms with Gasteiger partial charge in [-0.15, -0.1) is 22.7 Å². The SMILES string of the molecule is Cc1ccc(CC(C)NC(=O)c2cc(N)c(C)s2)s1. The Morgan fingerprint density at radius 2 is 2.11 bits per heavy atom. The molecule has 0 aliphatic heterocycles. The van der Waals surface area contributed by atoms with Crippen LogP contribution in [0.25, 0.3) is 0 Å². The number of carbonyl (C=O) groups is 1. The molecule has 5 heteroatoms. The highest BCUT2D eigenvalue weighted by atomic mass is 32.1. The number of amides is 1. The van der Waals surface area contributed by atoms with Crippen LogP contribution in [0, 0.1) is 13.8 Å². The van der Waals surface area contributed by atoms with Crippen molar-refractivity contribution in [1.29, 1.82) is 0 Å². The highest BCUT2D eigenvalue weighted by Gasteiger charge is 2.14. The molecule has 0 bridgehead atoms. The van der Waals surface area contributed by atoms with Gasteiger partial charge in [-0.25, -0.2) is 0 Å². The van der Waals surface area contributed by atoms with E-state index in [0.717, 1.165) is 11.3 Å². The number of hydrogen-bond acceptors (Lipinski definition) is 4. The third kappa shape index (κ3) is 3.58. The molecular formula is C14H18N2OS2. The summed E-state index contributed by atoms with van der Waals surface area (Å²) in [5.74, 6) is -0.0365. The van der Waals surface area contributed by atoms with Crippen LogP contribution in [0.4, 0.5) is 5.69 Å². The van der Waals surface area contributed by atoms with E-state index in [2.05, 4.69) is 24.4 Å². The third-order valence-electron chi connectivity index (χ3n) is 2.86. The molecule has 2 heterocycles. The standard InChI is InChI=1S/C14H18N2OS2/c1-8(6-11-5-4-9(2)18-11)16-14(17)13-7-12(15)10(3)19-13/h4-5,7-8H,6,15H2,1-3H3,(H,16,17). The molecule has 2 rings (SSSR count). The second kappa shape index (κ2) is 5.75. The number of anilines is 1. The molecule has 102 valence electrons. The van der Waals surface area contributed by atoms with Crippen molar-refractivity contribution >= 4 is 34.3 Å². The molecule has 2 aromatic rings. The first-order chi connectivity index (χ1) is 8.95. The minimum absolute atomic E-state index is 0.0365. The highest BCUT2D eigenvalue weighted by Crippen LogP contribution is 2.23. The molecule has 3 nitrogen and oxygen atoms in total. The fourth-order valence-corrected chi connectivity index (χ4v) is 3.71. The molecule has 0 saturated carbocycles. The number of hydrogen-bond donors (Lipinski definition) is 2. The lowest BCUT2D eigenvalue weighted by Crippen LogP contribution is -2.33. The second-order valence-corrected chi connectivity index (χ2v) is 7.34. The van der Waals surface area contributed by atoms with Crippen molar-refractivity contribution in [3.63, 3.8) is 0 Å². The lowest BCUT2D eigenvalue weighted by Gasteiger charge is -2.11. The predicted molar refractivity (Wildman–Crippen MR) is 83.2 cm³/mol. The topological polar surface area (TPSA) is 55.1 Å². The van der Waals surface area contributed by atoms with Crippen LogP contribution < -0.4 is 11.1 Å². The van der Waals surface area contributed by atoms with Crippen LogP contribution in [-0.2, 0) is 6.42 Å². The third-order valence-corrected chi connectivity index (χ3v) is 4.95. The maximum absolute atomic E-state index is 12.1. The van der Waals surface area contributed by atoms with Gasteiger partial charge in [-0.2, -0.15) is 0 Å². The van der Waals surface area contributed by atoms with Gasteiger partial charge in [-0.3, -0.25) is 4.79 Å². The van der Waals surface area contributed by atoms with E-state index in [9.17, 15) is 4.79 Å². The van der Waals surface area contributed by atoms with Crippen molar-refractivity contribution in [2.75, 3.05) is 5.73 Å². The summed E-state index contributed by atoms with van der Waals surface area (Å²) in [5, 5.41) is 3.02. The molecule has 0 radical (unpaired) electrons. The average Bonchev–Trinajstić information content (AvgIpc) is 2.86.